The predicted octanol–water partition coefficient (Wildman–Crippen LogP) is 4.08. The highest BCUT2D eigenvalue weighted by Gasteiger charge is 2.44. The Balaban J connectivity index is 1.67. The Hall–Kier alpha value is -2.06. The Bertz CT molecular complexity index is 777. The van der Waals surface area contributed by atoms with Gasteiger partial charge in [0, 0.05) is 13.0 Å². The fraction of sp³-hybridized carbons (Fsp3) is 0.571. The van der Waals surface area contributed by atoms with Crippen molar-refractivity contribution in [2.45, 2.75) is 70.3 Å². The van der Waals surface area contributed by atoms with Gasteiger partial charge in [-0.05, 0) is 46.8 Å². The minimum absolute atomic E-state index is 0.184. The summed E-state index contributed by atoms with van der Waals surface area (Å²) in [5.41, 5.74) is -0.278. The molecular formula is C21H28N2O5S. The SMILES string of the molecule is CCN(C(=O)OC(C)(C)C)C1=N[C@@H]2C[C@H](OC(=O)c3ccccc3)[C@@H](C)O[C@@H]2S1. The molecule has 0 bridgehead atoms. The molecule has 7 nitrogen and oxygen atoms in total. The summed E-state index contributed by atoms with van der Waals surface area (Å²) in [6.45, 7) is 9.71. The number of amidine groups is 1. The zero-order valence-electron chi connectivity index (χ0n) is 17.5. The van der Waals surface area contributed by atoms with Gasteiger partial charge in [0.05, 0.1) is 17.7 Å². The van der Waals surface area contributed by atoms with Crippen LogP contribution < -0.4 is 0 Å². The zero-order valence-corrected chi connectivity index (χ0v) is 18.3. The van der Waals surface area contributed by atoms with E-state index in [-0.39, 0.29) is 23.6 Å². The van der Waals surface area contributed by atoms with Crippen LogP contribution in [0.25, 0.3) is 0 Å². The topological polar surface area (TPSA) is 77.4 Å². The number of ether oxygens (including phenoxy) is 3. The van der Waals surface area contributed by atoms with E-state index in [0.717, 1.165) is 0 Å². The number of hydrogen-bond donors (Lipinski definition) is 0. The Labute approximate surface area is 175 Å². The number of fused-ring (bicyclic) bond motifs is 1. The van der Waals surface area contributed by atoms with Gasteiger partial charge in [0.1, 0.15) is 17.1 Å². The molecule has 0 unspecified atom stereocenters. The Morgan fingerprint density at radius 1 is 1.28 bits per heavy atom. The van der Waals surface area contributed by atoms with Crippen molar-refractivity contribution >= 4 is 29.0 Å². The lowest BCUT2D eigenvalue weighted by Gasteiger charge is -2.34. The fourth-order valence-corrected chi connectivity index (χ4v) is 4.44. The van der Waals surface area contributed by atoms with Gasteiger partial charge < -0.3 is 14.2 Å². The molecule has 3 rings (SSSR count). The summed E-state index contributed by atoms with van der Waals surface area (Å²) < 4.78 is 17.2. The molecule has 0 N–H and O–H groups in total. The van der Waals surface area contributed by atoms with Crippen LogP contribution in [0.5, 0.6) is 0 Å². The van der Waals surface area contributed by atoms with Crippen LogP contribution in [0, 0.1) is 0 Å². The summed E-state index contributed by atoms with van der Waals surface area (Å²) >= 11 is 1.42. The monoisotopic (exact) mass is 420 g/mol. The van der Waals surface area contributed by atoms with E-state index >= 15 is 0 Å². The maximum Gasteiger partial charge on any atom is 0.416 e. The Kier molecular flexibility index (Phi) is 6.53. The molecule has 1 fully saturated rings. The molecule has 2 aliphatic rings. The van der Waals surface area contributed by atoms with Crippen LogP contribution in [0.15, 0.2) is 35.3 Å². The maximum absolute atomic E-state index is 12.5. The minimum Gasteiger partial charge on any atom is -0.456 e. The number of esters is 1. The molecule has 2 heterocycles. The second-order valence-corrected chi connectivity index (χ2v) is 9.14. The average molecular weight is 421 g/mol. The Morgan fingerprint density at radius 3 is 2.59 bits per heavy atom. The van der Waals surface area contributed by atoms with Crippen LogP contribution in [0.1, 0.15) is 51.4 Å². The summed E-state index contributed by atoms with van der Waals surface area (Å²) in [6.07, 6.45) is -0.538. The summed E-state index contributed by atoms with van der Waals surface area (Å²) in [5.74, 6) is -0.372. The number of rotatable bonds is 3. The van der Waals surface area contributed by atoms with Crippen molar-refractivity contribution in [1.82, 2.24) is 4.90 Å². The Morgan fingerprint density at radius 2 is 1.97 bits per heavy atom. The largest absolute Gasteiger partial charge is 0.456 e. The standard InChI is InChI=1S/C21H28N2O5S/c1-6-23(20(25)28-21(3,4)5)19-22-15-12-16(13(2)26-18(15)29-19)27-17(24)14-10-8-7-9-11-14/h7-11,13,15-16,18H,6,12H2,1-5H3/t13-,15-,16+,18-/m1/s1. The molecule has 8 heteroatoms. The molecule has 2 aliphatic heterocycles. The van der Waals surface area contributed by atoms with E-state index in [1.807, 2.05) is 40.7 Å². The number of carbonyl (C=O) groups excluding carboxylic acids is 2. The molecule has 0 aromatic heterocycles. The van der Waals surface area contributed by atoms with Crippen LogP contribution in [-0.2, 0) is 14.2 Å². The first-order valence-electron chi connectivity index (χ1n) is 9.84. The van der Waals surface area contributed by atoms with E-state index in [2.05, 4.69) is 4.99 Å². The van der Waals surface area contributed by atoms with Crippen LogP contribution in [0.4, 0.5) is 4.79 Å². The predicted molar refractivity (Wildman–Crippen MR) is 112 cm³/mol. The van der Waals surface area contributed by atoms with Crippen molar-refractivity contribution in [2.75, 3.05) is 6.54 Å². The van der Waals surface area contributed by atoms with Crippen molar-refractivity contribution < 1.29 is 23.8 Å². The van der Waals surface area contributed by atoms with E-state index in [4.69, 9.17) is 14.2 Å². The van der Waals surface area contributed by atoms with Gasteiger partial charge in [-0.15, -0.1) is 0 Å². The quantitative estimate of drug-likeness (QED) is 0.686. The zero-order chi connectivity index (χ0) is 21.2. The summed E-state index contributed by atoms with van der Waals surface area (Å²) in [6, 6.07) is 8.71. The van der Waals surface area contributed by atoms with Crippen molar-refractivity contribution in [2.24, 2.45) is 4.99 Å². The maximum atomic E-state index is 12.5. The average Bonchev–Trinajstić information content (AvgIpc) is 3.04. The molecule has 1 saturated heterocycles. The molecule has 0 aliphatic carbocycles. The molecule has 1 aromatic carbocycles. The van der Waals surface area contributed by atoms with E-state index in [1.165, 1.54) is 16.7 Å². The first kappa shape index (κ1) is 21.6. The van der Waals surface area contributed by atoms with E-state index in [9.17, 15) is 9.59 Å². The summed E-state index contributed by atoms with van der Waals surface area (Å²) in [7, 11) is 0. The lowest BCUT2D eigenvalue weighted by atomic mass is 10.0. The molecule has 0 saturated carbocycles. The third kappa shape index (κ3) is 5.30. The number of hydrogen-bond acceptors (Lipinski definition) is 7. The molecule has 1 amide bonds. The number of carbonyl (C=O) groups is 2. The molecule has 1 aromatic rings. The lowest BCUT2D eigenvalue weighted by molar-refractivity contribution is -0.0918. The number of benzene rings is 1. The van der Waals surface area contributed by atoms with Gasteiger partial charge in [0.15, 0.2) is 5.17 Å². The van der Waals surface area contributed by atoms with Gasteiger partial charge in [-0.2, -0.15) is 0 Å². The van der Waals surface area contributed by atoms with Gasteiger partial charge in [0.2, 0.25) is 0 Å². The van der Waals surface area contributed by atoms with Gasteiger partial charge in [-0.3, -0.25) is 9.89 Å². The second kappa shape index (κ2) is 8.75. The first-order valence-corrected chi connectivity index (χ1v) is 10.7. The van der Waals surface area contributed by atoms with Crippen molar-refractivity contribution in [3.05, 3.63) is 35.9 Å². The van der Waals surface area contributed by atoms with Gasteiger partial charge in [-0.1, -0.05) is 30.0 Å². The molecule has 4 atom stereocenters. The van der Waals surface area contributed by atoms with Crippen LogP contribution in [-0.4, -0.2) is 58.0 Å². The third-order valence-electron chi connectivity index (χ3n) is 4.59. The smallest absolute Gasteiger partial charge is 0.416 e. The highest BCUT2D eigenvalue weighted by atomic mass is 32.2. The van der Waals surface area contributed by atoms with Gasteiger partial charge in [-0.25, -0.2) is 9.59 Å². The van der Waals surface area contributed by atoms with Crippen molar-refractivity contribution in [3.63, 3.8) is 0 Å². The van der Waals surface area contributed by atoms with Gasteiger partial charge >= 0.3 is 12.1 Å². The van der Waals surface area contributed by atoms with Crippen LogP contribution in [0.2, 0.25) is 0 Å². The van der Waals surface area contributed by atoms with Crippen LogP contribution in [0.3, 0.4) is 0 Å². The second-order valence-electron chi connectivity index (χ2n) is 8.08. The summed E-state index contributed by atoms with van der Waals surface area (Å²) in [4.78, 5) is 31.1. The molecular weight excluding hydrogens is 392 g/mol. The van der Waals surface area contributed by atoms with E-state index < -0.39 is 17.8 Å². The number of amides is 1. The number of aliphatic imine (C=N–C) groups is 1. The fourth-order valence-electron chi connectivity index (χ4n) is 3.14. The van der Waals surface area contributed by atoms with Crippen molar-refractivity contribution in [3.8, 4) is 0 Å². The minimum atomic E-state index is -0.581. The van der Waals surface area contributed by atoms with E-state index in [0.29, 0.717) is 23.7 Å². The van der Waals surface area contributed by atoms with Crippen LogP contribution >= 0.6 is 11.8 Å². The highest BCUT2D eigenvalue weighted by Crippen LogP contribution is 2.38. The van der Waals surface area contributed by atoms with Gasteiger partial charge in [0.25, 0.3) is 0 Å². The number of thioether (sulfide) groups is 1. The van der Waals surface area contributed by atoms with E-state index in [1.54, 1.807) is 24.3 Å². The highest BCUT2D eigenvalue weighted by molar-refractivity contribution is 8.14. The lowest BCUT2D eigenvalue weighted by Crippen LogP contribution is -2.44. The molecule has 0 spiro atoms. The molecule has 158 valence electrons. The van der Waals surface area contributed by atoms with Crippen molar-refractivity contribution in [1.29, 1.82) is 0 Å². The summed E-state index contributed by atoms with van der Waals surface area (Å²) in [5, 5.41) is 0.582. The number of nitrogens with zero attached hydrogens (tertiary/aromatic N) is 2. The first-order chi connectivity index (χ1) is 13.7. The molecule has 0 radical (unpaired) electrons. The third-order valence-corrected chi connectivity index (χ3v) is 5.78. The molecule has 29 heavy (non-hydrogen) atoms. The normalized spacial score (nSPS) is 26.3.